The molecule has 6 aliphatic rings. The Morgan fingerprint density at radius 3 is 2.61 bits per heavy atom. The van der Waals surface area contributed by atoms with E-state index < -0.39 is 0 Å². The first-order valence-corrected chi connectivity index (χ1v) is 9.40. The third kappa shape index (κ3) is 1.21. The summed E-state index contributed by atoms with van der Waals surface area (Å²) in [5.41, 5.74) is 1.37. The van der Waals surface area contributed by atoms with Crippen LogP contribution < -0.4 is 9.47 Å². The highest BCUT2D eigenvalue weighted by Crippen LogP contribution is 2.83. The first-order valence-electron chi connectivity index (χ1n) is 9.40. The van der Waals surface area contributed by atoms with Gasteiger partial charge in [0, 0.05) is 12.6 Å². The molecule has 9 atom stereocenters. The number of hydrogen-bond acceptors (Lipinski definition) is 3. The van der Waals surface area contributed by atoms with Gasteiger partial charge in [0.25, 0.3) is 0 Å². The molecule has 3 nitrogen and oxygen atoms in total. The van der Waals surface area contributed by atoms with E-state index >= 15 is 0 Å². The Morgan fingerprint density at radius 2 is 1.70 bits per heavy atom. The monoisotopic (exact) mass is 309 g/mol. The SMILES string of the molecule is CN(Cc1ccc2c(c1)OCO2)[C@H]1[C@H]2[C@H]3C[C@@H]4[C@H]5[C@H]3C[C@H]2[C@@H]5[C@H]41. The van der Waals surface area contributed by atoms with Gasteiger partial charge in [0.15, 0.2) is 11.5 Å². The van der Waals surface area contributed by atoms with E-state index in [-0.39, 0.29) is 0 Å². The predicted molar refractivity (Wildman–Crippen MR) is 85.0 cm³/mol. The van der Waals surface area contributed by atoms with Gasteiger partial charge in [-0.2, -0.15) is 0 Å². The Kier molecular flexibility index (Phi) is 1.97. The van der Waals surface area contributed by atoms with Crippen molar-refractivity contribution in [1.82, 2.24) is 4.90 Å². The number of rotatable bonds is 3. The largest absolute Gasteiger partial charge is 0.454 e. The summed E-state index contributed by atoms with van der Waals surface area (Å²) in [5, 5.41) is 0. The van der Waals surface area contributed by atoms with Crippen LogP contribution in [0, 0.1) is 47.3 Å². The fraction of sp³-hybridized carbons (Fsp3) is 0.700. The van der Waals surface area contributed by atoms with Crippen molar-refractivity contribution in [3.8, 4) is 11.5 Å². The molecule has 1 aliphatic heterocycles. The second-order valence-electron chi connectivity index (χ2n) is 9.03. The van der Waals surface area contributed by atoms with Crippen molar-refractivity contribution in [3.63, 3.8) is 0 Å². The van der Waals surface area contributed by atoms with Crippen LogP contribution in [-0.4, -0.2) is 24.8 Å². The van der Waals surface area contributed by atoms with Gasteiger partial charge in [0.05, 0.1) is 0 Å². The number of benzene rings is 1. The maximum absolute atomic E-state index is 5.55. The molecule has 2 bridgehead atoms. The Bertz CT molecular complexity index is 712. The zero-order chi connectivity index (χ0) is 14.9. The summed E-state index contributed by atoms with van der Waals surface area (Å²) >= 11 is 0. The normalized spacial score (nSPS) is 52.0. The Morgan fingerprint density at radius 1 is 0.913 bits per heavy atom. The predicted octanol–water partition coefficient (Wildman–Crippen LogP) is 2.99. The summed E-state index contributed by atoms with van der Waals surface area (Å²) in [4.78, 5) is 2.70. The third-order valence-electron chi connectivity index (χ3n) is 8.66. The average Bonchev–Trinajstić information content (AvgIpc) is 3.20. The molecular weight excluding hydrogens is 286 g/mol. The van der Waals surface area contributed by atoms with Gasteiger partial charge >= 0.3 is 0 Å². The van der Waals surface area contributed by atoms with Gasteiger partial charge in [0.2, 0.25) is 6.79 Å². The summed E-state index contributed by atoms with van der Waals surface area (Å²) < 4.78 is 11.0. The molecule has 7 rings (SSSR count). The lowest BCUT2D eigenvalue weighted by Crippen LogP contribution is -2.51. The summed E-state index contributed by atoms with van der Waals surface area (Å²) in [6.07, 6.45) is 3.18. The quantitative estimate of drug-likeness (QED) is 0.857. The van der Waals surface area contributed by atoms with Gasteiger partial charge in [-0.15, -0.1) is 0 Å². The molecule has 1 heterocycles. The van der Waals surface area contributed by atoms with Crippen LogP contribution in [0.15, 0.2) is 18.2 Å². The molecule has 0 amide bonds. The van der Waals surface area contributed by atoms with Crippen LogP contribution in [-0.2, 0) is 6.54 Å². The highest BCUT2D eigenvalue weighted by molar-refractivity contribution is 5.44. The van der Waals surface area contributed by atoms with Crippen molar-refractivity contribution in [2.45, 2.75) is 25.4 Å². The number of hydrogen-bond donors (Lipinski definition) is 0. The molecule has 0 unspecified atom stereocenters. The summed E-state index contributed by atoms with van der Waals surface area (Å²) in [6.45, 7) is 1.43. The van der Waals surface area contributed by atoms with Crippen LogP contribution in [0.5, 0.6) is 11.5 Å². The Labute approximate surface area is 136 Å². The minimum atomic E-state index is 0.372. The van der Waals surface area contributed by atoms with Gasteiger partial charge in [-0.25, -0.2) is 0 Å². The van der Waals surface area contributed by atoms with E-state index in [0.29, 0.717) is 6.79 Å². The Hall–Kier alpha value is -1.22. The third-order valence-corrected chi connectivity index (χ3v) is 8.66. The van der Waals surface area contributed by atoms with Crippen LogP contribution in [0.4, 0.5) is 0 Å². The zero-order valence-electron chi connectivity index (χ0n) is 13.5. The van der Waals surface area contributed by atoms with Crippen LogP contribution in [0.2, 0.25) is 0 Å². The van der Waals surface area contributed by atoms with Gasteiger partial charge < -0.3 is 9.47 Å². The summed E-state index contributed by atoms with van der Waals surface area (Å²) in [6, 6.07) is 7.34. The minimum Gasteiger partial charge on any atom is -0.454 e. The lowest BCUT2D eigenvalue weighted by molar-refractivity contribution is -0.0220. The number of nitrogens with zero attached hydrogens (tertiary/aromatic N) is 1. The zero-order valence-corrected chi connectivity index (χ0v) is 13.5. The molecule has 3 heteroatoms. The Balaban J connectivity index is 1.19. The molecule has 23 heavy (non-hydrogen) atoms. The van der Waals surface area contributed by atoms with Crippen LogP contribution in [0.1, 0.15) is 18.4 Å². The lowest BCUT2D eigenvalue weighted by Gasteiger charge is -2.50. The minimum absolute atomic E-state index is 0.372. The van der Waals surface area contributed by atoms with E-state index in [0.717, 1.165) is 71.4 Å². The molecule has 0 N–H and O–H groups in total. The van der Waals surface area contributed by atoms with Gasteiger partial charge in [-0.3, -0.25) is 4.90 Å². The second-order valence-corrected chi connectivity index (χ2v) is 9.03. The van der Waals surface area contributed by atoms with E-state index in [1.165, 1.54) is 5.56 Å². The van der Waals surface area contributed by atoms with Crippen LogP contribution in [0.3, 0.4) is 0 Å². The van der Waals surface area contributed by atoms with Gasteiger partial charge in [-0.1, -0.05) is 6.07 Å². The standard InChI is InChI=1S/C20H23NO2/c1-21(7-9-2-3-14-15(4-9)23-8-22-14)20-17-11-6-12-16-10(11)5-13(17)18(16)19(12)20/h2-4,10-13,16-20H,5-8H2,1H3/t10-,11-,12+,13+,16+,17-,18-,19-,20-/m0/s1. The maximum Gasteiger partial charge on any atom is 0.231 e. The molecule has 5 aliphatic carbocycles. The first kappa shape index (κ1) is 12.2. The van der Waals surface area contributed by atoms with Gasteiger partial charge in [-0.05, 0) is 84.9 Å². The van der Waals surface area contributed by atoms with Crippen molar-refractivity contribution < 1.29 is 9.47 Å². The fourth-order valence-electron chi connectivity index (χ4n) is 8.44. The maximum atomic E-state index is 5.55. The molecule has 5 fully saturated rings. The molecule has 0 aromatic heterocycles. The van der Waals surface area contributed by atoms with Crippen molar-refractivity contribution >= 4 is 0 Å². The molecule has 5 saturated carbocycles. The van der Waals surface area contributed by atoms with Crippen molar-refractivity contribution in [3.05, 3.63) is 23.8 Å². The molecule has 1 aromatic rings. The van der Waals surface area contributed by atoms with Crippen LogP contribution >= 0.6 is 0 Å². The molecule has 0 saturated heterocycles. The first-order chi connectivity index (χ1) is 11.3. The highest BCUT2D eigenvalue weighted by Gasteiger charge is 2.80. The fourth-order valence-corrected chi connectivity index (χ4v) is 8.44. The van der Waals surface area contributed by atoms with Gasteiger partial charge in [0.1, 0.15) is 0 Å². The van der Waals surface area contributed by atoms with E-state index in [9.17, 15) is 0 Å². The van der Waals surface area contributed by atoms with E-state index in [2.05, 4.69) is 30.1 Å². The smallest absolute Gasteiger partial charge is 0.231 e. The summed E-state index contributed by atoms with van der Waals surface area (Å²) in [5.74, 6) is 10.6. The van der Waals surface area contributed by atoms with Crippen molar-refractivity contribution in [1.29, 1.82) is 0 Å². The molecule has 0 spiro atoms. The molecule has 1 aromatic carbocycles. The van der Waals surface area contributed by atoms with Crippen LogP contribution in [0.25, 0.3) is 0 Å². The number of fused-ring (bicyclic) bond motifs is 3. The van der Waals surface area contributed by atoms with E-state index in [1.807, 2.05) is 0 Å². The molecule has 0 radical (unpaired) electrons. The summed E-state index contributed by atoms with van der Waals surface area (Å²) in [7, 11) is 2.38. The van der Waals surface area contributed by atoms with E-state index in [4.69, 9.17) is 9.47 Å². The van der Waals surface area contributed by atoms with Crippen molar-refractivity contribution in [2.75, 3.05) is 13.8 Å². The molecular formula is C20H23NO2. The van der Waals surface area contributed by atoms with E-state index in [1.54, 1.807) is 12.8 Å². The lowest BCUT2D eigenvalue weighted by atomic mass is 9.58. The molecule has 120 valence electrons. The second kappa shape index (κ2) is 3.72. The average molecular weight is 309 g/mol. The highest BCUT2D eigenvalue weighted by atomic mass is 16.7. The topological polar surface area (TPSA) is 21.7 Å². The van der Waals surface area contributed by atoms with Crippen molar-refractivity contribution in [2.24, 2.45) is 47.3 Å². The number of ether oxygens (including phenoxy) is 2.